The minimum Gasteiger partial charge on any atom is -0.342 e. The van der Waals surface area contributed by atoms with Gasteiger partial charge < -0.3 is 5.32 Å². The van der Waals surface area contributed by atoms with Crippen LogP contribution in [-0.4, -0.2) is 25.4 Å². The Morgan fingerprint density at radius 1 is 1.18 bits per heavy atom. The number of carbonyl (C=O) groups is 1. The number of benzene rings is 1. The number of nitrogens with one attached hydrogen (secondary N) is 1. The number of thiophene rings is 1. The van der Waals surface area contributed by atoms with Crippen LogP contribution in [0.3, 0.4) is 0 Å². The summed E-state index contributed by atoms with van der Waals surface area (Å²) in [5.74, 6) is 0.256. The van der Waals surface area contributed by atoms with E-state index < -0.39 is 6.04 Å². The maximum atomic E-state index is 12.7. The summed E-state index contributed by atoms with van der Waals surface area (Å²) in [7, 11) is 1.64. The first-order valence-electron chi connectivity index (χ1n) is 8.67. The monoisotopic (exact) mass is 391 g/mol. The highest BCUT2D eigenvalue weighted by molar-refractivity contribution is 7.20. The molecule has 1 N–H and O–H groups in total. The van der Waals surface area contributed by atoms with E-state index in [0.29, 0.717) is 22.1 Å². The van der Waals surface area contributed by atoms with Crippen molar-refractivity contribution in [1.82, 2.24) is 24.8 Å². The zero-order valence-corrected chi connectivity index (χ0v) is 16.1. The highest BCUT2D eigenvalue weighted by Gasteiger charge is 2.18. The number of rotatable bonds is 4. The Bertz CT molecular complexity index is 1180. The summed E-state index contributed by atoms with van der Waals surface area (Å²) >= 11 is 1.43. The molecule has 0 aliphatic carbocycles. The summed E-state index contributed by atoms with van der Waals surface area (Å²) in [5.41, 5.74) is 0.780. The van der Waals surface area contributed by atoms with Crippen molar-refractivity contribution in [3.8, 4) is 11.4 Å². The molecule has 1 aromatic carbocycles. The fraction of sp³-hybridized carbons (Fsp3) is 0.150. The zero-order valence-electron chi connectivity index (χ0n) is 15.3. The highest BCUT2D eigenvalue weighted by atomic mass is 32.1. The van der Waals surface area contributed by atoms with Gasteiger partial charge in [0.2, 0.25) is 0 Å². The first-order valence-corrected chi connectivity index (χ1v) is 9.48. The Kier molecular flexibility index (Phi) is 4.70. The Morgan fingerprint density at radius 3 is 2.75 bits per heavy atom. The van der Waals surface area contributed by atoms with E-state index in [-0.39, 0.29) is 11.5 Å². The van der Waals surface area contributed by atoms with Gasteiger partial charge in [0.1, 0.15) is 12.2 Å². The Hall–Kier alpha value is -3.39. The number of hydrogen-bond acceptors (Lipinski definition) is 6. The molecule has 0 aliphatic rings. The van der Waals surface area contributed by atoms with Gasteiger partial charge >= 0.3 is 0 Å². The molecule has 4 rings (SSSR count). The van der Waals surface area contributed by atoms with Gasteiger partial charge in [0.05, 0.1) is 22.3 Å². The fourth-order valence-electron chi connectivity index (χ4n) is 2.94. The molecule has 0 fully saturated rings. The van der Waals surface area contributed by atoms with Gasteiger partial charge in [0, 0.05) is 24.0 Å². The topological polar surface area (TPSA) is 89.8 Å². The highest BCUT2D eigenvalue weighted by Crippen LogP contribution is 2.25. The molecule has 7 nitrogen and oxygen atoms in total. The summed E-state index contributed by atoms with van der Waals surface area (Å²) in [4.78, 5) is 38.3. The molecular formula is C20H17N5O2S. The Morgan fingerprint density at radius 2 is 2.00 bits per heavy atom. The average Bonchev–Trinajstić information content (AvgIpc) is 3.15. The summed E-state index contributed by atoms with van der Waals surface area (Å²) in [6.45, 7) is 1.80. The average molecular weight is 391 g/mol. The van der Waals surface area contributed by atoms with Crippen LogP contribution in [0.15, 0.2) is 59.8 Å². The van der Waals surface area contributed by atoms with E-state index >= 15 is 0 Å². The van der Waals surface area contributed by atoms with Crippen LogP contribution in [0.2, 0.25) is 0 Å². The number of fused-ring (bicyclic) bond motifs is 1. The van der Waals surface area contributed by atoms with E-state index in [1.807, 2.05) is 30.3 Å². The molecule has 0 spiro atoms. The molecule has 0 radical (unpaired) electrons. The van der Waals surface area contributed by atoms with Crippen molar-refractivity contribution in [3.05, 3.63) is 76.0 Å². The van der Waals surface area contributed by atoms with E-state index in [1.165, 1.54) is 28.3 Å². The molecule has 140 valence electrons. The molecule has 4 aromatic rings. The first kappa shape index (κ1) is 18.0. The van der Waals surface area contributed by atoms with E-state index in [4.69, 9.17) is 0 Å². The standard InChI is InChI=1S/C20H17N5O2S/c1-12(23-20(27)17-9-13-5-3-4-6-16(13)28-17)19-24-15(10-18(26)25(19)2)14-7-8-21-11-22-14/h3-12H,1-2H3,(H,23,27). The van der Waals surface area contributed by atoms with Crippen molar-refractivity contribution in [2.75, 3.05) is 0 Å². The number of aromatic nitrogens is 4. The fourth-order valence-corrected chi connectivity index (χ4v) is 3.91. The van der Waals surface area contributed by atoms with Gasteiger partial charge in [-0.25, -0.2) is 15.0 Å². The predicted molar refractivity (Wildman–Crippen MR) is 108 cm³/mol. The Balaban J connectivity index is 1.64. The van der Waals surface area contributed by atoms with Crippen molar-refractivity contribution in [2.24, 2.45) is 7.05 Å². The van der Waals surface area contributed by atoms with Crippen molar-refractivity contribution < 1.29 is 4.79 Å². The number of amides is 1. The quantitative estimate of drug-likeness (QED) is 0.578. The second-order valence-corrected chi connectivity index (χ2v) is 7.42. The van der Waals surface area contributed by atoms with Gasteiger partial charge in [-0.15, -0.1) is 11.3 Å². The number of carbonyl (C=O) groups excluding carboxylic acids is 1. The second kappa shape index (κ2) is 7.32. The van der Waals surface area contributed by atoms with Gasteiger partial charge in [-0.05, 0) is 30.5 Å². The third kappa shape index (κ3) is 3.41. The smallest absolute Gasteiger partial charge is 0.261 e. The van der Waals surface area contributed by atoms with Crippen molar-refractivity contribution in [2.45, 2.75) is 13.0 Å². The minimum atomic E-state index is -0.461. The molecule has 1 atom stereocenters. The number of hydrogen-bond donors (Lipinski definition) is 1. The lowest BCUT2D eigenvalue weighted by Gasteiger charge is -2.17. The molecule has 0 saturated heterocycles. The van der Waals surface area contributed by atoms with Gasteiger partial charge in [0.25, 0.3) is 11.5 Å². The summed E-state index contributed by atoms with van der Waals surface area (Å²) in [6.07, 6.45) is 2.99. The normalized spacial score (nSPS) is 12.1. The van der Waals surface area contributed by atoms with Crippen LogP contribution >= 0.6 is 11.3 Å². The first-order chi connectivity index (χ1) is 13.5. The minimum absolute atomic E-state index is 0.199. The van der Waals surface area contributed by atoms with Crippen molar-refractivity contribution >= 4 is 27.3 Å². The van der Waals surface area contributed by atoms with Crippen LogP contribution in [0.25, 0.3) is 21.5 Å². The van der Waals surface area contributed by atoms with Crippen LogP contribution in [0, 0.1) is 0 Å². The van der Waals surface area contributed by atoms with Gasteiger partial charge in [-0.3, -0.25) is 14.2 Å². The lowest BCUT2D eigenvalue weighted by Crippen LogP contribution is -2.32. The van der Waals surface area contributed by atoms with Crippen LogP contribution in [0.5, 0.6) is 0 Å². The zero-order chi connectivity index (χ0) is 19.7. The molecule has 0 saturated carbocycles. The molecule has 8 heteroatoms. The van der Waals surface area contributed by atoms with Gasteiger partial charge in [0.15, 0.2) is 0 Å². The third-order valence-electron chi connectivity index (χ3n) is 4.40. The van der Waals surface area contributed by atoms with Gasteiger partial charge in [-0.1, -0.05) is 18.2 Å². The second-order valence-electron chi connectivity index (χ2n) is 6.34. The SMILES string of the molecule is CC(NC(=O)c1cc2ccccc2s1)c1nc(-c2ccncn2)cc(=O)n1C. The van der Waals surface area contributed by atoms with Crippen LogP contribution in [0.1, 0.15) is 28.5 Å². The lowest BCUT2D eigenvalue weighted by atomic mass is 10.2. The molecule has 1 unspecified atom stereocenters. The molecule has 0 aliphatic heterocycles. The van der Waals surface area contributed by atoms with Crippen molar-refractivity contribution in [3.63, 3.8) is 0 Å². The molecule has 3 aromatic heterocycles. The lowest BCUT2D eigenvalue weighted by molar-refractivity contribution is 0.0941. The van der Waals surface area contributed by atoms with E-state index in [1.54, 1.807) is 26.2 Å². The predicted octanol–water partition coefficient (Wildman–Crippen LogP) is 2.94. The van der Waals surface area contributed by atoms with E-state index in [0.717, 1.165) is 10.1 Å². The summed E-state index contributed by atoms with van der Waals surface area (Å²) in [5, 5.41) is 3.97. The van der Waals surface area contributed by atoms with Gasteiger partial charge in [-0.2, -0.15) is 0 Å². The maximum Gasteiger partial charge on any atom is 0.261 e. The molecular weight excluding hydrogens is 374 g/mol. The molecule has 0 bridgehead atoms. The van der Waals surface area contributed by atoms with E-state index in [2.05, 4.69) is 20.3 Å². The molecule has 1 amide bonds. The van der Waals surface area contributed by atoms with Crippen LogP contribution < -0.4 is 10.9 Å². The van der Waals surface area contributed by atoms with Crippen molar-refractivity contribution in [1.29, 1.82) is 0 Å². The summed E-state index contributed by atoms with van der Waals surface area (Å²) < 4.78 is 2.48. The van der Waals surface area contributed by atoms with Crippen LogP contribution in [-0.2, 0) is 7.05 Å². The number of nitrogens with zero attached hydrogens (tertiary/aromatic N) is 4. The molecule has 28 heavy (non-hydrogen) atoms. The third-order valence-corrected chi connectivity index (χ3v) is 5.51. The van der Waals surface area contributed by atoms with E-state index in [9.17, 15) is 9.59 Å². The Labute approximate surface area is 164 Å². The maximum absolute atomic E-state index is 12.7. The largest absolute Gasteiger partial charge is 0.342 e. The summed E-state index contributed by atoms with van der Waals surface area (Å²) in [6, 6.07) is 12.4. The van der Waals surface area contributed by atoms with Crippen LogP contribution in [0.4, 0.5) is 0 Å². The molecule has 3 heterocycles.